The smallest absolute Gasteiger partial charge is 0.191 e. The molecule has 1 unspecified atom stereocenters. The molecule has 31 heavy (non-hydrogen) atoms. The molecule has 0 radical (unpaired) electrons. The van der Waals surface area contributed by atoms with E-state index in [0.29, 0.717) is 25.6 Å². The second kappa shape index (κ2) is 12.4. The highest BCUT2D eigenvalue weighted by molar-refractivity contribution is 14.0. The van der Waals surface area contributed by atoms with Gasteiger partial charge in [-0.15, -0.1) is 24.0 Å². The van der Waals surface area contributed by atoms with Crippen LogP contribution in [0.3, 0.4) is 0 Å². The number of hydrogen-bond donors (Lipinski definition) is 3. The number of ether oxygens (including phenoxy) is 1. The number of hydrogen-bond acceptors (Lipinski definition) is 4. The van der Waals surface area contributed by atoms with Gasteiger partial charge in [-0.2, -0.15) is 0 Å². The van der Waals surface area contributed by atoms with E-state index in [9.17, 15) is 5.11 Å². The second-order valence-electron chi connectivity index (χ2n) is 7.26. The van der Waals surface area contributed by atoms with E-state index in [-0.39, 0.29) is 24.0 Å². The van der Waals surface area contributed by atoms with Crippen LogP contribution in [0.2, 0.25) is 0 Å². The summed E-state index contributed by atoms with van der Waals surface area (Å²) in [6.45, 7) is 3.29. The van der Waals surface area contributed by atoms with Crippen LogP contribution in [0, 0.1) is 0 Å². The third kappa shape index (κ3) is 7.91. The molecule has 3 rings (SSSR count). The maximum absolute atomic E-state index is 10.9. The first kappa shape index (κ1) is 24.7. The van der Waals surface area contributed by atoms with Gasteiger partial charge in [-0.3, -0.25) is 0 Å². The molecule has 0 aliphatic carbocycles. The van der Waals surface area contributed by atoms with E-state index in [4.69, 9.17) is 9.15 Å². The topological polar surface area (TPSA) is 79.0 Å². The Hall–Kier alpha value is -2.52. The van der Waals surface area contributed by atoms with Crippen LogP contribution in [-0.4, -0.2) is 31.3 Å². The lowest BCUT2D eigenvalue weighted by Gasteiger charge is -2.25. The summed E-state index contributed by atoms with van der Waals surface area (Å²) in [6, 6.07) is 21.3. The first-order valence-electron chi connectivity index (χ1n) is 10.0. The molecule has 1 heterocycles. The van der Waals surface area contributed by atoms with Crippen molar-refractivity contribution in [2.75, 3.05) is 20.2 Å². The molecule has 0 fully saturated rings. The fourth-order valence-electron chi connectivity index (χ4n) is 2.99. The lowest BCUT2D eigenvalue weighted by Crippen LogP contribution is -2.45. The molecule has 1 aromatic heterocycles. The number of methoxy groups -OCH3 is 1. The normalized spacial score (nSPS) is 13.1. The number of guanidine groups is 1. The quantitative estimate of drug-likeness (QED) is 0.219. The fourth-order valence-corrected chi connectivity index (χ4v) is 2.99. The van der Waals surface area contributed by atoms with E-state index >= 15 is 0 Å². The number of benzene rings is 2. The minimum absolute atomic E-state index is 0. The largest absolute Gasteiger partial charge is 0.497 e. The molecule has 2 aromatic carbocycles. The Kier molecular flexibility index (Phi) is 9.87. The van der Waals surface area contributed by atoms with Gasteiger partial charge in [-0.25, -0.2) is 4.99 Å². The summed E-state index contributed by atoms with van der Waals surface area (Å²) in [5.41, 5.74) is 0.894. The SMILES string of the molecule is COc1ccc(CN=C(NCCc2ccco2)NCC(C)(O)c2ccccc2)cc1.I. The molecule has 0 saturated carbocycles. The monoisotopic (exact) mass is 535 g/mol. The van der Waals surface area contributed by atoms with Crippen LogP contribution in [0.4, 0.5) is 0 Å². The average molecular weight is 535 g/mol. The highest BCUT2D eigenvalue weighted by atomic mass is 127. The zero-order valence-electron chi connectivity index (χ0n) is 17.9. The Bertz CT molecular complexity index is 911. The first-order chi connectivity index (χ1) is 14.6. The van der Waals surface area contributed by atoms with Crippen molar-refractivity contribution in [3.63, 3.8) is 0 Å². The third-order valence-electron chi connectivity index (χ3n) is 4.82. The molecule has 0 saturated heterocycles. The Balaban J connectivity index is 0.00000341. The summed E-state index contributed by atoms with van der Waals surface area (Å²) in [7, 11) is 1.65. The molecule has 7 heteroatoms. The number of rotatable bonds is 9. The van der Waals surface area contributed by atoms with Gasteiger partial charge >= 0.3 is 0 Å². The summed E-state index contributed by atoms with van der Waals surface area (Å²) in [6.07, 6.45) is 2.41. The first-order valence-corrected chi connectivity index (χ1v) is 10.0. The van der Waals surface area contributed by atoms with Crippen molar-refractivity contribution in [2.24, 2.45) is 4.99 Å². The fraction of sp³-hybridized carbons (Fsp3) is 0.292. The van der Waals surface area contributed by atoms with Crippen LogP contribution in [0.5, 0.6) is 5.75 Å². The van der Waals surface area contributed by atoms with Crippen molar-refractivity contribution in [1.29, 1.82) is 0 Å². The number of aliphatic hydroxyl groups is 1. The number of halogens is 1. The van der Waals surface area contributed by atoms with Gasteiger partial charge in [0.05, 0.1) is 26.5 Å². The summed E-state index contributed by atoms with van der Waals surface area (Å²) >= 11 is 0. The molecular weight excluding hydrogens is 505 g/mol. The van der Waals surface area contributed by atoms with Crippen molar-refractivity contribution < 1.29 is 14.3 Å². The Morgan fingerprint density at radius 3 is 2.42 bits per heavy atom. The van der Waals surface area contributed by atoms with Crippen molar-refractivity contribution in [2.45, 2.75) is 25.5 Å². The average Bonchev–Trinajstić information content (AvgIpc) is 3.30. The molecule has 0 spiro atoms. The summed E-state index contributed by atoms with van der Waals surface area (Å²) in [5, 5.41) is 17.5. The van der Waals surface area contributed by atoms with Gasteiger partial charge < -0.3 is 24.9 Å². The van der Waals surface area contributed by atoms with Crippen molar-refractivity contribution >= 4 is 29.9 Å². The Morgan fingerprint density at radius 2 is 1.77 bits per heavy atom. The van der Waals surface area contributed by atoms with E-state index < -0.39 is 5.60 Å². The standard InChI is InChI=1S/C24H29N3O3.HI/c1-24(28,20-7-4-3-5-8-20)18-27-23(25-15-14-22-9-6-16-30-22)26-17-19-10-12-21(29-2)13-11-19;/h3-13,16,28H,14-15,17-18H2,1-2H3,(H2,25,26,27);1H. The van der Waals surface area contributed by atoms with Gasteiger partial charge in [0.1, 0.15) is 17.1 Å². The summed E-state index contributed by atoms with van der Waals surface area (Å²) in [4.78, 5) is 4.68. The van der Waals surface area contributed by atoms with Crippen molar-refractivity contribution in [3.8, 4) is 5.75 Å². The number of aliphatic imine (C=N–C) groups is 1. The summed E-state index contributed by atoms with van der Waals surface area (Å²) in [5.74, 6) is 2.36. The van der Waals surface area contributed by atoms with Gasteiger partial charge in [0.15, 0.2) is 5.96 Å². The Morgan fingerprint density at radius 1 is 1.03 bits per heavy atom. The molecule has 0 bridgehead atoms. The van der Waals surface area contributed by atoms with Crippen LogP contribution in [0.1, 0.15) is 23.8 Å². The number of nitrogens with zero attached hydrogens (tertiary/aromatic N) is 1. The molecule has 0 aliphatic rings. The van der Waals surface area contributed by atoms with Crippen LogP contribution in [-0.2, 0) is 18.6 Å². The van der Waals surface area contributed by atoms with E-state index in [1.165, 1.54) is 0 Å². The molecule has 1 atom stereocenters. The molecule has 3 N–H and O–H groups in total. The van der Waals surface area contributed by atoms with Gasteiger partial charge in [-0.1, -0.05) is 42.5 Å². The number of furan rings is 1. The predicted molar refractivity (Wildman–Crippen MR) is 134 cm³/mol. The van der Waals surface area contributed by atoms with Gasteiger partial charge in [0, 0.05) is 13.0 Å². The molecule has 0 aliphatic heterocycles. The van der Waals surface area contributed by atoms with E-state index in [1.807, 2.05) is 66.7 Å². The zero-order valence-corrected chi connectivity index (χ0v) is 20.2. The van der Waals surface area contributed by atoms with Crippen LogP contribution < -0.4 is 15.4 Å². The van der Waals surface area contributed by atoms with Gasteiger partial charge in [0.2, 0.25) is 0 Å². The van der Waals surface area contributed by atoms with Gasteiger partial charge in [0.25, 0.3) is 0 Å². The second-order valence-corrected chi connectivity index (χ2v) is 7.26. The van der Waals surface area contributed by atoms with Crippen molar-refractivity contribution in [1.82, 2.24) is 10.6 Å². The molecule has 166 valence electrons. The number of nitrogens with one attached hydrogen (secondary N) is 2. The third-order valence-corrected chi connectivity index (χ3v) is 4.82. The van der Waals surface area contributed by atoms with E-state index in [2.05, 4.69) is 15.6 Å². The maximum atomic E-state index is 10.9. The molecular formula is C24H30IN3O3. The van der Waals surface area contributed by atoms with E-state index in [1.54, 1.807) is 20.3 Å². The Labute approximate surface area is 200 Å². The highest BCUT2D eigenvalue weighted by Gasteiger charge is 2.23. The maximum Gasteiger partial charge on any atom is 0.191 e. The zero-order chi connectivity index (χ0) is 21.2. The van der Waals surface area contributed by atoms with Gasteiger partial charge in [-0.05, 0) is 42.3 Å². The lowest BCUT2D eigenvalue weighted by molar-refractivity contribution is 0.0617. The minimum Gasteiger partial charge on any atom is -0.497 e. The molecule has 3 aromatic rings. The van der Waals surface area contributed by atoms with Crippen LogP contribution in [0.25, 0.3) is 0 Å². The molecule has 6 nitrogen and oxygen atoms in total. The van der Waals surface area contributed by atoms with E-state index in [0.717, 1.165) is 29.1 Å². The predicted octanol–water partition coefficient (Wildman–Crippen LogP) is 4.09. The van der Waals surface area contributed by atoms with Crippen LogP contribution in [0.15, 0.2) is 82.4 Å². The minimum atomic E-state index is -1.02. The lowest BCUT2D eigenvalue weighted by atomic mass is 9.96. The molecule has 0 amide bonds. The van der Waals surface area contributed by atoms with Crippen LogP contribution >= 0.6 is 24.0 Å². The highest BCUT2D eigenvalue weighted by Crippen LogP contribution is 2.19. The summed E-state index contributed by atoms with van der Waals surface area (Å²) < 4.78 is 10.6. The van der Waals surface area contributed by atoms with Crippen molar-refractivity contribution in [3.05, 3.63) is 89.9 Å².